The molecule has 0 spiro atoms. The summed E-state index contributed by atoms with van der Waals surface area (Å²) in [5, 5.41) is 50.4. The van der Waals surface area contributed by atoms with Gasteiger partial charge in [-0.25, -0.2) is 0 Å². The van der Waals surface area contributed by atoms with E-state index in [1.165, 1.54) is 0 Å². The van der Waals surface area contributed by atoms with Crippen molar-refractivity contribution in [2.75, 3.05) is 152 Å². The Morgan fingerprint density at radius 3 is 1.46 bits per heavy atom. The molecule has 0 bridgehead atoms. The number of hydrogen-bond donors (Lipinski definition) is 5. The molecule has 3 heterocycles. The summed E-state index contributed by atoms with van der Waals surface area (Å²) in [5.41, 5.74) is -0.845. The fraction of sp³-hybridized carbons (Fsp3) is 1.00. The van der Waals surface area contributed by atoms with Gasteiger partial charge in [-0.2, -0.15) is 0 Å². The standard InChI is InChI=1S/C42H80O21/c1-6-48-29-56-24-41(63-42(4,5)7-31(44)9-50-21-40(62-30(2)3)22-51-10-32(45)8-43)23-55-18-36(57-14-34(47)13-49-11-33(46)12-52-17-37-26-59-37)25-58-35(15-53-19-38-27-60-38)16-54-20-39-28-61-39/h30-41,43-47H,6-29H2,1-5H3. The Labute approximate surface area is 372 Å². The van der Waals surface area contributed by atoms with Crippen molar-refractivity contribution in [3.8, 4) is 0 Å². The number of aliphatic hydroxyl groups excluding tert-OH is 5. The maximum absolute atomic E-state index is 10.9. The van der Waals surface area contributed by atoms with E-state index in [4.69, 9.17) is 80.9 Å². The molecule has 374 valence electrons. The molecule has 0 aliphatic carbocycles. The summed E-state index contributed by atoms with van der Waals surface area (Å²) in [6.07, 6.45) is -5.44. The van der Waals surface area contributed by atoms with Gasteiger partial charge in [0.05, 0.1) is 157 Å². The highest BCUT2D eigenvalue weighted by Crippen LogP contribution is 2.21. The molecule has 21 heteroatoms. The SMILES string of the molecule is CCOCOCC(COCC(COC(COCC1CO1)COCC1CO1)OCC(O)COCC(O)COCC1CO1)OC(C)(C)CC(O)COCC(COCC(O)CO)OC(C)C. The van der Waals surface area contributed by atoms with Crippen molar-refractivity contribution in [3.05, 3.63) is 0 Å². The van der Waals surface area contributed by atoms with Crippen molar-refractivity contribution in [2.45, 2.75) is 120 Å². The van der Waals surface area contributed by atoms with E-state index in [2.05, 4.69) is 0 Å². The van der Waals surface area contributed by atoms with Crippen molar-refractivity contribution < 1.29 is 101 Å². The van der Waals surface area contributed by atoms with Crippen LogP contribution in [0, 0.1) is 0 Å². The van der Waals surface area contributed by atoms with Crippen LogP contribution in [0.5, 0.6) is 0 Å². The Kier molecular flexibility index (Phi) is 30.1. The first kappa shape index (κ1) is 56.5. The number of aliphatic hydroxyl groups is 5. The molecule has 3 fully saturated rings. The normalized spacial score (nSPS) is 22.4. The highest BCUT2D eigenvalue weighted by molar-refractivity contribution is 4.77. The van der Waals surface area contributed by atoms with E-state index >= 15 is 0 Å². The Morgan fingerprint density at radius 1 is 0.492 bits per heavy atom. The highest BCUT2D eigenvalue weighted by atomic mass is 16.7. The molecule has 0 aromatic carbocycles. The number of hydrogen-bond acceptors (Lipinski definition) is 21. The first-order chi connectivity index (χ1) is 30.3. The zero-order valence-corrected chi connectivity index (χ0v) is 38.2. The highest BCUT2D eigenvalue weighted by Gasteiger charge is 2.30. The van der Waals surface area contributed by atoms with E-state index in [-0.39, 0.29) is 130 Å². The summed E-state index contributed by atoms with van der Waals surface area (Å²) in [4.78, 5) is 0. The summed E-state index contributed by atoms with van der Waals surface area (Å²) in [6.45, 7) is 13.8. The van der Waals surface area contributed by atoms with E-state index < -0.39 is 61.0 Å². The molecule has 0 saturated carbocycles. The number of ether oxygens (including phenoxy) is 16. The van der Waals surface area contributed by atoms with Crippen molar-refractivity contribution >= 4 is 0 Å². The predicted octanol–water partition coefficient (Wildman–Crippen LogP) is -1.14. The van der Waals surface area contributed by atoms with E-state index in [0.29, 0.717) is 46.2 Å². The average molecular weight is 921 g/mol. The molecular weight excluding hydrogens is 840 g/mol. The average Bonchev–Trinajstić information content (AvgIpc) is 4.07. The number of rotatable bonds is 46. The predicted molar refractivity (Wildman–Crippen MR) is 222 cm³/mol. The van der Waals surface area contributed by atoms with Crippen LogP contribution >= 0.6 is 0 Å². The maximum Gasteiger partial charge on any atom is 0.146 e. The Morgan fingerprint density at radius 2 is 0.905 bits per heavy atom. The minimum absolute atomic E-state index is 0.00688. The summed E-state index contributed by atoms with van der Waals surface area (Å²) >= 11 is 0. The first-order valence-electron chi connectivity index (χ1n) is 22.3. The quantitative estimate of drug-likeness (QED) is 0.0275. The Hall–Kier alpha value is -0.840. The lowest BCUT2D eigenvalue weighted by atomic mass is 10.0. The lowest BCUT2D eigenvalue weighted by Gasteiger charge is -2.33. The van der Waals surface area contributed by atoms with Gasteiger partial charge >= 0.3 is 0 Å². The van der Waals surface area contributed by atoms with Gasteiger partial charge in [0.2, 0.25) is 0 Å². The molecule has 21 nitrogen and oxygen atoms in total. The van der Waals surface area contributed by atoms with E-state index in [9.17, 15) is 20.4 Å². The minimum atomic E-state index is -1.01. The van der Waals surface area contributed by atoms with Gasteiger partial charge in [0.1, 0.15) is 67.8 Å². The van der Waals surface area contributed by atoms with Gasteiger partial charge in [-0.05, 0) is 34.6 Å². The third kappa shape index (κ3) is 31.7. The second kappa shape index (κ2) is 33.6. The maximum atomic E-state index is 10.9. The Balaban J connectivity index is 1.52. The monoisotopic (exact) mass is 921 g/mol. The third-order valence-corrected chi connectivity index (χ3v) is 9.10. The molecule has 0 aromatic heterocycles. The molecule has 0 aromatic rings. The minimum Gasteiger partial charge on any atom is -0.394 e. The summed E-state index contributed by atoms with van der Waals surface area (Å²) in [5.74, 6) is 0. The fourth-order valence-corrected chi connectivity index (χ4v) is 5.84. The molecule has 3 aliphatic rings. The zero-order chi connectivity index (χ0) is 45.7. The largest absolute Gasteiger partial charge is 0.394 e. The van der Waals surface area contributed by atoms with Crippen LogP contribution in [0.15, 0.2) is 0 Å². The molecule has 0 radical (unpaired) electrons. The zero-order valence-electron chi connectivity index (χ0n) is 38.2. The third-order valence-electron chi connectivity index (χ3n) is 9.10. The fourth-order valence-electron chi connectivity index (χ4n) is 5.84. The topological polar surface area (TPSA) is 259 Å². The first-order valence-corrected chi connectivity index (χ1v) is 22.3. The molecule has 3 rings (SSSR count). The van der Waals surface area contributed by atoms with E-state index in [1.54, 1.807) is 0 Å². The second-order valence-corrected chi connectivity index (χ2v) is 16.8. The van der Waals surface area contributed by atoms with Gasteiger partial charge in [-0.15, -0.1) is 0 Å². The van der Waals surface area contributed by atoms with Gasteiger partial charge in [0, 0.05) is 13.0 Å². The molecule has 5 N–H and O–H groups in total. The van der Waals surface area contributed by atoms with E-state index in [1.807, 2.05) is 34.6 Å². The number of epoxide rings is 3. The van der Waals surface area contributed by atoms with Crippen molar-refractivity contribution in [2.24, 2.45) is 0 Å². The molecule has 3 saturated heterocycles. The summed E-state index contributed by atoms with van der Waals surface area (Å²) in [7, 11) is 0. The van der Waals surface area contributed by atoms with Crippen LogP contribution < -0.4 is 0 Å². The van der Waals surface area contributed by atoms with E-state index in [0.717, 1.165) is 0 Å². The lowest BCUT2D eigenvalue weighted by molar-refractivity contribution is -0.169. The van der Waals surface area contributed by atoms with Gasteiger partial charge in [-0.1, -0.05) is 0 Å². The van der Waals surface area contributed by atoms with Gasteiger partial charge in [0.25, 0.3) is 0 Å². The van der Waals surface area contributed by atoms with Crippen LogP contribution in [0.4, 0.5) is 0 Å². The summed E-state index contributed by atoms with van der Waals surface area (Å²) < 4.78 is 91.3. The smallest absolute Gasteiger partial charge is 0.146 e. The van der Waals surface area contributed by atoms with Crippen LogP contribution in [-0.4, -0.2) is 257 Å². The van der Waals surface area contributed by atoms with Crippen LogP contribution in [0.2, 0.25) is 0 Å². The van der Waals surface area contributed by atoms with Crippen LogP contribution in [0.25, 0.3) is 0 Å². The van der Waals surface area contributed by atoms with Crippen molar-refractivity contribution in [3.63, 3.8) is 0 Å². The molecule has 10 atom stereocenters. The summed E-state index contributed by atoms with van der Waals surface area (Å²) in [6, 6.07) is 0. The van der Waals surface area contributed by atoms with Crippen LogP contribution in [-0.2, 0) is 75.8 Å². The van der Waals surface area contributed by atoms with Crippen molar-refractivity contribution in [1.29, 1.82) is 0 Å². The van der Waals surface area contributed by atoms with Crippen molar-refractivity contribution in [1.82, 2.24) is 0 Å². The van der Waals surface area contributed by atoms with Gasteiger partial charge in [-0.3, -0.25) is 0 Å². The molecular formula is C42H80O21. The van der Waals surface area contributed by atoms with Gasteiger partial charge < -0.3 is 101 Å². The molecule has 0 amide bonds. The molecule has 3 aliphatic heterocycles. The van der Waals surface area contributed by atoms with Crippen LogP contribution in [0.1, 0.15) is 41.0 Å². The lowest BCUT2D eigenvalue weighted by Crippen LogP contribution is -2.41. The molecule has 63 heavy (non-hydrogen) atoms. The Bertz CT molecular complexity index is 1060. The second-order valence-electron chi connectivity index (χ2n) is 16.8. The molecule has 10 unspecified atom stereocenters. The van der Waals surface area contributed by atoms with Gasteiger partial charge in [0.15, 0.2) is 0 Å². The van der Waals surface area contributed by atoms with Crippen LogP contribution in [0.3, 0.4) is 0 Å².